The van der Waals surface area contributed by atoms with Crippen LogP contribution in [0.4, 0.5) is 0 Å². The van der Waals surface area contributed by atoms with Crippen LogP contribution in [-0.4, -0.2) is 26.2 Å². The van der Waals surface area contributed by atoms with E-state index < -0.39 is 21.6 Å². The molecule has 0 aliphatic rings. The molecule has 0 amide bonds. The van der Waals surface area contributed by atoms with Crippen molar-refractivity contribution < 1.29 is 17.9 Å². The van der Waals surface area contributed by atoms with Crippen LogP contribution in [-0.2, 0) is 19.4 Å². The normalized spacial score (nSPS) is 11.6. The quantitative estimate of drug-likeness (QED) is 0.802. The molecule has 0 spiro atoms. The van der Waals surface area contributed by atoms with Gasteiger partial charge in [-0.25, -0.2) is 8.42 Å². The van der Waals surface area contributed by atoms with Crippen LogP contribution in [0.1, 0.15) is 13.8 Å². The van der Waals surface area contributed by atoms with Gasteiger partial charge < -0.3 is 4.74 Å². The molecule has 0 unspecified atom stereocenters. The van der Waals surface area contributed by atoms with E-state index in [1.165, 1.54) is 18.2 Å². The highest BCUT2D eigenvalue weighted by molar-refractivity contribution is 7.92. The van der Waals surface area contributed by atoms with E-state index >= 15 is 0 Å². The molecule has 0 fully saturated rings. The van der Waals surface area contributed by atoms with Crippen LogP contribution in [0.2, 0.25) is 10.0 Å². The Balaban J connectivity index is 3.04. The fraction of sp³-hybridized carbons (Fsp3) is 0.364. The van der Waals surface area contributed by atoms with Gasteiger partial charge in [-0.15, -0.1) is 0 Å². The second-order valence-corrected chi connectivity index (χ2v) is 6.59. The zero-order valence-corrected chi connectivity index (χ0v) is 12.1. The molecule has 18 heavy (non-hydrogen) atoms. The molecule has 0 aliphatic carbocycles. The summed E-state index contributed by atoms with van der Waals surface area (Å²) < 4.78 is 28.8. The molecule has 0 N–H and O–H groups in total. The molecule has 0 radical (unpaired) electrons. The highest BCUT2D eigenvalue weighted by atomic mass is 35.5. The number of rotatable bonds is 4. The van der Waals surface area contributed by atoms with Gasteiger partial charge in [0.1, 0.15) is 4.90 Å². The molecule has 0 aromatic heterocycles. The van der Waals surface area contributed by atoms with Gasteiger partial charge in [-0.1, -0.05) is 29.3 Å². The van der Waals surface area contributed by atoms with E-state index in [1.54, 1.807) is 13.8 Å². The van der Waals surface area contributed by atoms with Gasteiger partial charge in [0.05, 0.1) is 16.1 Å². The third-order valence-corrected chi connectivity index (χ3v) is 4.44. The summed E-state index contributed by atoms with van der Waals surface area (Å²) in [5.41, 5.74) is 0. The Morgan fingerprint density at radius 2 is 1.78 bits per heavy atom. The number of esters is 1. The zero-order valence-electron chi connectivity index (χ0n) is 9.81. The Bertz CT molecular complexity index is 532. The summed E-state index contributed by atoms with van der Waals surface area (Å²) >= 11 is 11.6. The number of halogens is 2. The summed E-state index contributed by atoms with van der Waals surface area (Å²) in [5.74, 6) is -1.62. The van der Waals surface area contributed by atoms with E-state index in [1.807, 2.05) is 0 Å². The van der Waals surface area contributed by atoms with E-state index in [2.05, 4.69) is 0 Å². The number of sulfone groups is 1. The van der Waals surface area contributed by atoms with Crippen molar-refractivity contribution in [3.63, 3.8) is 0 Å². The summed E-state index contributed by atoms with van der Waals surface area (Å²) in [5, 5.41) is -0.0281. The van der Waals surface area contributed by atoms with Gasteiger partial charge in [0.25, 0.3) is 0 Å². The third-order valence-electron chi connectivity index (χ3n) is 1.90. The molecule has 1 rings (SSSR count). The second kappa shape index (κ2) is 5.91. The minimum absolute atomic E-state index is 0.0140. The number of carbonyl (C=O) groups excluding carboxylic acids is 1. The molecule has 0 aliphatic heterocycles. The van der Waals surface area contributed by atoms with Gasteiger partial charge in [-0.2, -0.15) is 0 Å². The van der Waals surface area contributed by atoms with Gasteiger partial charge in [-0.05, 0) is 26.0 Å². The Morgan fingerprint density at radius 3 is 2.22 bits per heavy atom. The van der Waals surface area contributed by atoms with Crippen molar-refractivity contribution >= 4 is 39.0 Å². The van der Waals surface area contributed by atoms with Gasteiger partial charge >= 0.3 is 5.97 Å². The summed E-state index contributed by atoms with van der Waals surface area (Å²) in [6.45, 7) is 3.26. The SMILES string of the molecule is CC(C)OC(=O)CS(=O)(=O)c1c(Cl)cccc1Cl. The van der Waals surface area contributed by atoms with Crippen LogP contribution < -0.4 is 0 Å². The first-order valence-electron chi connectivity index (χ1n) is 5.10. The fourth-order valence-electron chi connectivity index (χ4n) is 1.30. The van der Waals surface area contributed by atoms with Gasteiger partial charge in [0, 0.05) is 0 Å². The number of ether oxygens (including phenoxy) is 1. The van der Waals surface area contributed by atoms with Gasteiger partial charge in [0.15, 0.2) is 15.6 Å². The molecular formula is C11H12Cl2O4S. The molecule has 1 aromatic carbocycles. The summed E-state index contributed by atoms with van der Waals surface area (Å²) in [6.07, 6.45) is -0.380. The van der Waals surface area contributed by atoms with E-state index in [9.17, 15) is 13.2 Å². The second-order valence-electron chi connectivity index (χ2n) is 3.85. The topological polar surface area (TPSA) is 60.4 Å². The van der Waals surface area contributed by atoms with Crippen molar-refractivity contribution in [3.05, 3.63) is 28.2 Å². The lowest BCUT2D eigenvalue weighted by Gasteiger charge is -2.10. The summed E-state index contributed by atoms with van der Waals surface area (Å²) in [6, 6.07) is 4.32. The summed E-state index contributed by atoms with van der Waals surface area (Å²) in [4.78, 5) is 11.1. The molecule has 0 saturated carbocycles. The van der Waals surface area contributed by atoms with Crippen molar-refractivity contribution in [2.45, 2.75) is 24.8 Å². The van der Waals surface area contributed by atoms with Crippen LogP contribution in [0, 0.1) is 0 Å². The average Bonchev–Trinajstić information content (AvgIpc) is 2.13. The van der Waals surface area contributed by atoms with Crippen LogP contribution in [0.5, 0.6) is 0 Å². The first kappa shape index (κ1) is 15.3. The van der Waals surface area contributed by atoms with Crippen molar-refractivity contribution in [1.29, 1.82) is 0 Å². The first-order chi connectivity index (χ1) is 8.24. The first-order valence-corrected chi connectivity index (χ1v) is 7.51. The third kappa shape index (κ3) is 3.86. The highest BCUT2D eigenvalue weighted by Gasteiger charge is 2.26. The van der Waals surface area contributed by atoms with Gasteiger partial charge in [-0.3, -0.25) is 4.79 Å². The maximum Gasteiger partial charge on any atom is 0.321 e. The zero-order chi connectivity index (χ0) is 13.9. The van der Waals surface area contributed by atoms with Crippen molar-refractivity contribution in [3.8, 4) is 0 Å². The lowest BCUT2D eigenvalue weighted by Crippen LogP contribution is -2.22. The Hall–Kier alpha value is -0.780. The lowest BCUT2D eigenvalue weighted by atomic mass is 10.4. The lowest BCUT2D eigenvalue weighted by molar-refractivity contribution is -0.144. The van der Waals surface area contributed by atoms with E-state index in [0.717, 1.165) is 0 Å². The molecule has 7 heteroatoms. The molecule has 0 bridgehead atoms. The molecule has 0 heterocycles. The van der Waals surface area contributed by atoms with E-state index in [-0.39, 0.29) is 21.0 Å². The van der Waals surface area contributed by atoms with Crippen LogP contribution in [0.15, 0.2) is 23.1 Å². The fourth-order valence-corrected chi connectivity index (χ4v) is 3.66. The maximum atomic E-state index is 12.0. The molecule has 0 atom stereocenters. The monoisotopic (exact) mass is 310 g/mol. The molecule has 1 aromatic rings. The largest absolute Gasteiger partial charge is 0.462 e. The summed E-state index contributed by atoms with van der Waals surface area (Å²) in [7, 11) is -3.90. The predicted molar refractivity (Wildman–Crippen MR) is 69.7 cm³/mol. The standard InChI is InChI=1S/C11H12Cl2O4S/c1-7(2)17-10(14)6-18(15,16)11-8(12)4-3-5-9(11)13/h3-5,7H,6H2,1-2H3. The number of benzene rings is 1. The highest BCUT2D eigenvalue weighted by Crippen LogP contribution is 2.29. The Morgan fingerprint density at radius 1 is 1.28 bits per heavy atom. The van der Waals surface area contributed by atoms with Crippen LogP contribution in [0.3, 0.4) is 0 Å². The number of hydrogen-bond donors (Lipinski definition) is 0. The average molecular weight is 311 g/mol. The Labute approximate surface area is 116 Å². The van der Waals surface area contributed by atoms with E-state index in [0.29, 0.717) is 0 Å². The minimum atomic E-state index is -3.90. The predicted octanol–water partition coefficient (Wildman–Crippen LogP) is 2.72. The van der Waals surface area contributed by atoms with Gasteiger partial charge in [0.2, 0.25) is 0 Å². The van der Waals surface area contributed by atoms with Crippen molar-refractivity contribution in [2.75, 3.05) is 5.75 Å². The molecule has 4 nitrogen and oxygen atoms in total. The van der Waals surface area contributed by atoms with Crippen molar-refractivity contribution in [1.82, 2.24) is 0 Å². The van der Waals surface area contributed by atoms with Crippen LogP contribution >= 0.6 is 23.2 Å². The molecule has 100 valence electrons. The molecule has 0 saturated heterocycles. The minimum Gasteiger partial charge on any atom is -0.462 e. The Kier molecular flexibility index (Phi) is 5.01. The number of hydrogen-bond acceptors (Lipinski definition) is 4. The van der Waals surface area contributed by atoms with Crippen molar-refractivity contribution in [2.24, 2.45) is 0 Å². The molecular weight excluding hydrogens is 299 g/mol. The maximum absolute atomic E-state index is 12.0. The number of carbonyl (C=O) groups is 1. The van der Waals surface area contributed by atoms with E-state index in [4.69, 9.17) is 27.9 Å². The smallest absolute Gasteiger partial charge is 0.321 e. The van der Waals surface area contributed by atoms with Crippen LogP contribution in [0.25, 0.3) is 0 Å².